The van der Waals surface area contributed by atoms with Gasteiger partial charge in [-0.2, -0.15) is 0 Å². The molecular formula is C74H138N6O11. The van der Waals surface area contributed by atoms with Gasteiger partial charge in [-0.15, -0.1) is 0 Å². The summed E-state index contributed by atoms with van der Waals surface area (Å²) in [5, 5.41) is 24.0. The monoisotopic (exact) mass is 1290 g/mol. The van der Waals surface area contributed by atoms with E-state index in [1.165, 1.54) is 120 Å². The van der Waals surface area contributed by atoms with Crippen molar-refractivity contribution in [3.63, 3.8) is 0 Å². The van der Waals surface area contributed by atoms with E-state index < -0.39 is 35.9 Å². The van der Waals surface area contributed by atoms with Crippen LogP contribution in [0.4, 0.5) is 0 Å². The summed E-state index contributed by atoms with van der Waals surface area (Å²) in [7, 11) is 0. The molecule has 17 nitrogen and oxygen atoms in total. The van der Waals surface area contributed by atoms with Crippen molar-refractivity contribution in [2.24, 2.45) is 11.8 Å². The number of amides is 7. The molecule has 1 aliphatic heterocycles. The Bertz CT molecular complexity index is 1850. The first-order valence-electron chi connectivity index (χ1n) is 37.9. The number of hydrogen-bond acceptors (Lipinski definition) is 10. The van der Waals surface area contributed by atoms with Crippen molar-refractivity contribution in [1.82, 2.24) is 31.5 Å². The van der Waals surface area contributed by atoms with Crippen LogP contribution in [0.1, 0.15) is 349 Å². The fourth-order valence-electron chi connectivity index (χ4n) is 12.1. The average molecular weight is 1290 g/mol. The SMILES string of the molecule is CCCCCCCCCCCCC(NC(=O)CCCCCN1C(=O)CC(C(C)C)C1=O)C(=O)NC(CCCCCCCCCCCC)C(=O)NC(CCCCCCCCCCCC)C(=O)NCCOCCOCCC(=O)NCCCCCCCCCCCC(=O)O. The van der Waals surface area contributed by atoms with Crippen LogP contribution in [0, 0.1) is 11.8 Å². The van der Waals surface area contributed by atoms with E-state index in [2.05, 4.69) is 47.4 Å². The van der Waals surface area contributed by atoms with Gasteiger partial charge in [-0.05, 0) is 50.9 Å². The Morgan fingerprint density at radius 2 is 0.780 bits per heavy atom. The van der Waals surface area contributed by atoms with E-state index in [4.69, 9.17) is 14.6 Å². The average Bonchev–Trinajstić information content (AvgIpc) is 2.00. The van der Waals surface area contributed by atoms with Gasteiger partial charge in [0, 0.05) is 51.2 Å². The zero-order chi connectivity index (χ0) is 66.6. The number of hydrogen-bond donors (Lipinski definition) is 6. The molecule has 1 rings (SSSR count). The minimum absolute atomic E-state index is 0.0432. The number of nitrogens with zero attached hydrogens (tertiary/aromatic N) is 1. The van der Waals surface area contributed by atoms with Gasteiger partial charge in [-0.3, -0.25) is 43.3 Å². The molecule has 1 aliphatic rings. The van der Waals surface area contributed by atoms with Gasteiger partial charge in [-0.1, -0.05) is 279 Å². The van der Waals surface area contributed by atoms with Gasteiger partial charge in [0.1, 0.15) is 18.1 Å². The van der Waals surface area contributed by atoms with E-state index in [0.717, 1.165) is 135 Å². The number of aliphatic carboxylic acids is 1. The Morgan fingerprint density at radius 1 is 0.407 bits per heavy atom. The Balaban J connectivity index is 3.01. The molecule has 1 heterocycles. The van der Waals surface area contributed by atoms with Crippen LogP contribution in [-0.2, 0) is 47.8 Å². The van der Waals surface area contributed by atoms with Gasteiger partial charge in [0.2, 0.25) is 41.4 Å². The van der Waals surface area contributed by atoms with Crippen LogP contribution in [-0.4, -0.2) is 122 Å². The highest BCUT2D eigenvalue weighted by Gasteiger charge is 2.39. The standard InChI is InChI=1S/C74H138N6O11/c1-6-9-12-15-18-21-25-30-35-41-48-64(71(86)76-55-58-91-60-59-90-57-53-67(81)75-54-46-39-34-29-24-28-33-38-45-52-70(84)85)78-73(88)66(50-43-37-32-27-23-20-17-14-11-8-3)79-72(87)65(49-42-36-31-26-22-19-16-13-10-7-2)77-68(82)51-44-40-47-56-80-69(83)61-63(62(4)5)74(80)89/h62-66H,6-61H2,1-5H3,(H,75,81)(H,76,86)(H,77,82)(H,78,88)(H,79,87)(H,84,85). The molecule has 1 saturated heterocycles. The number of carboxylic acids is 1. The summed E-state index contributed by atoms with van der Waals surface area (Å²) in [5.41, 5.74) is 0. The van der Waals surface area contributed by atoms with Crippen LogP contribution in [0.3, 0.4) is 0 Å². The quantitative estimate of drug-likeness (QED) is 0.0247. The molecule has 0 radical (unpaired) electrons. The first-order valence-corrected chi connectivity index (χ1v) is 37.9. The van der Waals surface area contributed by atoms with Gasteiger partial charge in [-0.25, -0.2) is 0 Å². The lowest BCUT2D eigenvalue weighted by molar-refractivity contribution is -0.140. The van der Waals surface area contributed by atoms with Gasteiger partial charge in [0.15, 0.2) is 0 Å². The van der Waals surface area contributed by atoms with Crippen molar-refractivity contribution < 1.29 is 52.9 Å². The maximum absolute atomic E-state index is 14.6. The van der Waals surface area contributed by atoms with Crippen molar-refractivity contribution in [3.8, 4) is 0 Å². The summed E-state index contributed by atoms with van der Waals surface area (Å²) < 4.78 is 11.5. The lowest BCUT2D eigenvalue weighted by Gasteiger charge is -2.26. The summed E-state index contributed by atoms with van der Waals surface area (Å²) in [6.07, 6.45) is 47.4. The predicted molar refractivity (Wildman–Crippen MR) is 369 cm³/mol. The van der Waals surface area contributed by atoms with E-state index in [9.17, 15) is 38.4 Å². The Kier molecular flexibility index (Phi) is 56.7. The summed E-state index contributed by atoms with van der Waals surface area (Å²) in [6, 6.07) is -2.56. The second-order valence-corrected chi connectivity index (χ2v) is 26.8. The third-order valence-corrected chi connectivity index (χ3v) is 18.1. The van der Waals surface area contributed by atoms with Crippen LogP contribution >= 0.6 is 0 Å². The van der Waals surface area contributed by atoms with E-state index >= 15 is 0 Å². The highest BCUT2D eigenvalue weighted by atomic mass is 16.5. The molecule has 0 saturated carbocycles. The molecule has 0 aromatic carbocycles. The Labute approximate surface area is 554 Å². The van der Waals surface area contributed by atoms with Crippen LogP contribution in [0.2, 0.25) is 0 Å². The number of carboxylic acid groups (broad SMARTS) is 1. The highest BCUT2D eigenvalue weighted by molar-refractivity contribution is 6.03. The normalized spacial score (nSPS) is 14.2. The zero-order valence-electron chi connectivity index (χ0n) is 59.0. The van der Waals surface area contributed by atoms with Gasteiger partial charge >= 0.3 is 5.97 Å². The molecule has 6 N–H and O–H groups in total. The third kappa shape index (κ3) is 49.1. The fraction of sp³-hybridized carbons (Fsp3) is 0.892. The molecule has 4 unspecified atom stereocenters. The van der Waals surface area contributed by atoms with Crippen molar-refractivity contribution in [1.29, 1.82) is 0 Å². The van der Waals surface area contributed by atoms with Crippen molar-refractivity contribution in [3.05, 3.63) is 0 Å². The second-order valence-electron chi connectivity index (χ2n) is 26.8. The Hall–Kier alpha value is -4.12. The van der Waals surface area contributed by atoms with Gasteiger partial charge in [0.25, 0.3) is 0 Å². The summed E-state index contributed by atoms with van der Waals surface area (Å²) in [5.74, 6) is -2.50. The Morgan fingerprint density at radius 3 is 1.21 bits per heavy atom. The van der Waals surface area contributed by atoms with E-state index in [0.29, 0.717) is 64.8 Å². The molecule has 4 atom stereocenters. The molecule has 0 aromatic rings. The van der Waals surface area contributed by atoms with Crippen molar-refractivity contribution >= 4 is 47.3 Å². The number of nitrogens with one attached hydrogen (secondary N) is 5. The molecule has 7 amide bonds. The molecular weight excluding hydrogens is 1150 g/mol. The first-order chi connectivity index (χ1) is 44.2. The van der Waals surface area contributed by atoms with Crippen molar-refractivity contribution in [2.45, 2.75) is 367 Å². The molecule has 0 aromatic heterocycles. The topological polar surface area (TPSA) is 239 Å². The van der Waals surface area contributed by atoms with E-state index in [1.807, 2.05) is 13.8 Å². The molecule has 0 bridgehead atoms. The molecule has 530 valence electrons. The fourth-order valence-corrected chi connectivity index (χ4v) is 12.1. The molecule has 0 aliphatic carbocycles. The summed E-state index contributed by atoms with van der Waals surface area (Å²) in [4.78, 5) is 107. The maximum Gasteiger partial charge on any atom is 0.303 e. The second kappa shape index (κ2) is 60.8. The minimum Gasteiger partial charge on any atom is -0.481 e. The smallest absolute Gasteiger partial charge is 0.303 e. The number of rotatable bonds is 67. The lowest BCUT2D eigenvalue weighted by atomic mass is 9.94. The summed E-state index contributed by atoms with van der Waals surface area (Å²) >= 11 is 0. The van der Waals surface area contributed by atoms with Gasteiger partial charge < -0.3 is 41.2 Å². The van der Waals surface area contributed by atoms with Crippen LogP contribution in [0.5, 0.6) is 0 Å². The lowest BCUT2D eigenvalue weighted by Crippen LogP contribution is -2.56. The number of likely N-dealkylation sites (tertiary alicyclic amines) is 1. The van der Waals surface area contributed by atoms with E-state index in [1.54, 1.807) is 0 Å². The van der Waals surface area contributed by atoms with Gasteiger partial charge in [0.05, 0.1) is 26.4 Å². The van der Waals surface area contributed by atoms with Crippen LogP contribution < -0.4 is 26.6 Å². The van der Waals surface area contributed by atoms with Crippen molar-refractivity contribution in [2.75, 3.05) is 46.1 Å². The zero-order valence-corrected chi connectivity index (χ0v) is 59.0. The predicted octanol–water partition coefficient (Wildman–Crippen LogP) is 15.6. The molecule has 1 fully saturated rings. The molecule has 91 heavy (non-hydrogen) atoms. The van der Waals surface area contributed by atoms with E-state index in [-0.39, 0.29) is 86.8 Å². The number of unbranched alkanes of at least 4 members (excludes halogenated alkanes) is 37. The first kappa shape index (κ1) is 84.9. The highest BCUT2D eigenvalue weighted by Crippen LogP contribution is 2.27. The largest absolute Gasteiger partial charge is 0.481 e. The molecule has 17 heteroatoms. The minimum atomic E-state index is -0.904. The van der Waals surface area contributed by atoms with Crippen LogP contribution in [0.15, 0.2) is 0 Å². The van der Waals surface area contributed by atoms with Crippen LogP contribution in [0.25, 0.3) is 0 Å². The maximum atomic E-state index is 14.6. The number of imide groups is 1. The molecule has 0 spiro atoms. The summed E-state index contributed by atoms with van der Waals surface area (Å²) in [6.45, 7) is 13.0. The number of carbonyl (C=O) groups is 8. The number of carbonyl (C=O) groups excluding carboxylic acids is 7. The number of ether oxygens (including phenoxy) is 2. The third-order valence-electron chi connectivity index (χ3n) is 18.1.